The number of nitrogens with zero attached hydrogens (tertiary/aromatic N) is 4. The Kier molecular flexibility index (Phi) is 4.75. The monoisotopic (exact) mass is 273 g/mol. The van der Waals surface area contributed by atoms with Gasteiger partial charge in [0.2, 0.25) is 0 Å². The molecule has 1 aromatic heterocycles. The molecule has 104 valence electrons. The average molecular weight is 274 g/mol. The van der Waals surface area contributed by atoms with Gasteiger partial charge in [0.1, 0.15) is 11.6 Å². The molecule has 18 heavy (non-hydrogen) atoms. The zero-order valence-corrected chi connectivity index (χ0v) is 12.5. The van der Waals surface area contributed by atoms with Crippen LogP contribution in [0.3, 0.4) is 0 Å². The minimum absolute atomic E-state index is 0. The molecule has 2 rings (SSSR count). The fourth-order valence-corrected chi connectivity index (χ4v) is 2.37. The molecule has 1 aliphatic rings. The van der Waals surface area contributed by atoms with Crippen LogP contribution >= 0.6 is 12.4 Å². The Hall–Kier alpha value is -0.650. The molecule has 0 radical (unpaired) electrons. The van der Waals surface area contributed by atoms with Crippen LogP contribution in [0.2, 0.25) is 0 Å². The average Bonchev–Trinajstić information content (AvgIpc) is 2.57. The molecule has 0 atom stereocenters. The first-order valence-corrected chi connectivity index (χ1v) is 6.30. The number of aromatic nitrogens is 3. The summed E-state index contributed by atoms with van der Waals surface area (Å²) in [6, 6.07) is 0. The van der Waals surface area contributed by atoms with Gasteiger partial charge in [-0.25, -0.2) is 0 Å². The standard InChI is InChI=1S/C12H23N5.ClH/c1-9(2)11-15-14-10-7-16(5-6-17(10)11)8-12(3,4)13;/h9H,5-8,13H2,1-4H3;1H. The number of halogens is 1. The molecule has 0 fully saturated rings. The van der Waals surface area contributed by atoms with Crippen molar-refractivity contribution < 1.29 is 0 Å². The van der Waals surface area contributed by atoms with Crippen molar-refractivity contribution in [3.63, 3.8) is 0 Å². The van der Waals surface area contributed by atoms with Crippen LogP contribution in [0.25, 0.3) is 0 Å². The fraction of sp³-hybridized carbons (Fsp3) is 0.833. The van der Waals surface area contributed by atoms with Crippen molar-refractivity contribution in [2.45, 2.75) is 52.2 Å². The summed E-state index contributed by atoms with van der Waals surface area (Å²) in [5.74, 6) is 2.62. The van der Waals surface area contributed by atoms with Gasteiger partial charge in [0.05, 0.1) is 6.54 Å². The van der Waals surface area contributed by atoms with Crippen molar-refractivity contribution in [3.05, 3.63) is 11.6 Å². The summed E-state index contributed by atoms with van der Waals surface area (Å²) in [6.45, 7) is 12.2. The van der Waals surface area contributed by atoms with Crippen LogP contribution in [0.4, 0.5) is 0 Å². The molecule has 2 heterocycles. The highest BCUT2D eigenvalue weighted by atomic mass is 35.5. The van der Waals surface area contributed by atoms with Gasteiger partial charge in [-0.3, -0.25) is 4.90 Å². The molecule has 5 nitrogen and oxygen atoms in total. The highest BCUT2D eigenvalue weighted by Crippen LogP contribution is 2.18. The van der Waals surface area contributed by atoms with Crippen molar-refractivity contribution >= 4 is 12.4 Å². The maximum Gasteiger partial charge on any atom is 0.147 e. The summed E-state index contributed by atoms with van der Waals surface area (Å²) in [4.78, 5) is 2.36. The molecule has 0 amide bonds. The summed E-state index contributed by atoms with van der Waals surface area (Å²) in [6.07, 6.45) is 0. The van der Waals surface area contributed by atoms with Crippen molar-refractivity contribution in [1.29, 1.82) is 0 Å². The maximum absolute atomic E-state index is 6.06. The van der Waals surface area contributed by atoms with E-state index in [4.69, 9.17) is 5.73 Å². The van der Waals surface area contributed by atoms with Crippen molar-refractivity contribution in [2.24, 2.45) is 5.73 Å². The first kappa shape index (κ1) is 15.4. The Morgan fingerprint density at radius 1 is 1.28 bits per heavy atom. The van der Waals surface area contributed by atoms with Crippen LogP contribution < -0.4 is 5.73 Å². The minimum Gasteiger partial charge on any atom is -0.324 e. The highest BCUT2D eigenvalue weighted by molar-refractivity contribution is 5.85. The Balaban J connectivity index is 0.00000162. The molecule has 6 heteroatoms. The van der Waals surface area contributed by atoms with E-state index in [1.807, 2.05) is 0 Å². The smallest absolute Gasteiger partial charge is 0.147 e. The summed E-state index contributed by atoms with van der Waals surface area (Å²) < 4.78 is 2.25. The molecular weight excluding hydrogens is 250 g/mol. The van der Waals surface area contributed by atoms with Crippen molar-refractivity contribution in [2.75, 3.05) is 13.1 Å². The molecule has 0 saturated carbocycles. The molecule has 0 saturated heterocycles. The summed E-state index contributed by atoms with van der Waals surface area (Å²) in [5, 5.41) is 8.57. The van der Waals surface area contributed by atoms with Gasteiger partial charge in [0.25, 0.3) is 0 Å². The summed E-state index contributed by atoms with van der Waals surface area (Å²) in [5.41, 5.74) is 5.91. The lowest BCUT2D eigenvalue weighted by Crippen LogP contribution is -2.47. The molecule has 1 aromatic rings. The first-order chi connectivity index (χ1) is 7.87. The van der Waals surface area contributed by atoms with Crippen LogP contribution in [0.5, 0.6) is 0 Å². The van der Waals surface area contributed by atoms with Crippen LogP contribution in [-0.4, -0.2) is 38.3 Å². The lowest BCUT2D eigenvalue weighted by molar-refractivity contribution is 0.180. The lowest BCUT2D eigenvalue weighted by atomic mass is 10.1. The van der Waals surface area contributed by atoms with Crippen LogP contribution in [-0.2, 0) is 13.1 Å². The van der Waals surface area contributed by atoms with Gasteiger partial charge < -0.3 is 10.3 Å². The second-order valence-corrected chi connectivity index (χ2v) is 5.98. The second kappa shape index (κ2) is 5.55. The Morgan fingerprint density at radius 2 is 1.94 bits per heavy atom. The zero-order chi connectivity index (χ0) is 12.6. The Bertz CT molecular complexity index is 394. The van der Waals surface area contributed by atoms with E-state index in [9.17, 15) is 0 Å². The van der Waals surface area contributed by atoms with E-state index >= 15 is 0 Å². The Labute approximate surface area is 115 Å². The molecule has 0 bridgehead atoms. The van der Waals surface area contributed by atoms with E-state index in [0.29, 0.717) is 5.92 Å². The van der Waals surface area contributed by atoms with Gasteiger partial charge in [-0.05, 0) is 13.8 Å². The van der Waals surface area contributed by atoms with Gasteiger partial charge in [-0.1, -0.05) is 13.8 Å². The van der Waals surface area contributed by atoms with Gasteiger partial charge in [-0.2, -0.15) is 0 Å². The first-order valence-electron chi connectivity index (χ1n) is 6.30. The van der Waals surface area contributed by atoms with Gasteiger partial charge in [0, 0.05) is 31.1 Å². The van der Waals surface area contributed by atoms with E-state index in [2.05, 4.69) is 47.4 Å². The fourth-order valence-electron chi connectivity index (χ4n) is 2.37. The number of fused-ring (bicyclic) bond motifs is 1. The van der Waals surface area contributed by atoms with E-state index in [1.54, 1.807) is 0 Å². The quantitative estimate of drug-likeness (QED) is 0.904. The molecule has 0 unspecified atom stereocenters. The molecule has 2 N–H and O–H groups in total. The zero-order valence-electron chi connectivity index (χ0n) is 11.7. The minimum atomic E-state index is -0.150. The Morgan fingerprint density at radius 3 is 2.50 bits per heavy atom. The third-order valence-electron chi connectivity index (χ3n) is 3.01. The predicted octanol–water partition coefficient (Wildman–Crippen LogP) is 1.38. The van der Waals surface area contributed by atoms with Gasteiger partial charge in [-0.15, -0.1) is 22.6 Å². The van der Waals surface area contributed by atoms with Crippen LogP contribution in [0.15, 0.2) is 0 Å². The maximum atomic E-state index is 6.06. The molecule has 1 aliphatic heterocycles. The second-order valence-electron chi connectivity index (χ2n) is 5.98. The van der Waals surface area contributed by atoms with E-state index in [0.717, 1.165) is 37.8 Å². The lowest BCUT2D eigenvalue weighted by Gasteiger charge is -2.33. The summed E-state index contributed by atoms with van der Waals surface area (Å²) in [7, 11) is 0. The third kappa shape index (κ3) is 3.43. The topological polar surface area (TPSA) is 60.0 Å². The van der Waals surface area contributed by atoms with Crippen LogP contribution in [0, 0.1) is 0 Å². The molecule has 0 aliphatic carbocycles. The van der Waals surface area contributed by atoms with E-state index in [1.165, 1.54) is 0 Å². The number of rotatable bonds is 3. The van der Waals surface area contributed by atoms with E-state index < -0.39 is 0 Å². The van der Waals surface area contributed by atoms with Crippen LogP contribution in [0.1, 0.15) is 45.3 Å². The largest absolute Gasteiger partial charge is 0.324 e. The van der Waals surface area contributed by atoms with Crippen molar-refractivity contribution in [1.82, 2.24) is 19.7 Å². The summed E-state index contributed by atoms with van der Waals surface area (Å²) >= 11 is 0. The highest BCUT2D eigenvalue weighted by Gasteiger charge is 2.25. The molecule has 0 spiro atoms. The number of hydrogen-bond donors (Lipinski definition) is 1. The molecule has 0 aromatic carbocycles. The van der Waals surface area contributed by atoms with E-state index in [-0.39, 0.29) is 17.9 Å². The SMILES string of the molecule is CC(C)c1nnc2n1CCN(CC(C)(C)N)C2.Cl. The number of hydrogen-bond acceptors (Lipinski definition) is 4. The van der Waals surface area contributed by atoms with Gasteiger partial charge >= 0.3 is 0 Å². The normalized spacial score (nSPS) is 16.6. The van der Waals surface area contributed by atoms with Gasteiger partial charge in [0.15, 0.2) is 0 Å². The third-order valence-corrected chi connectivity index (χ3v) is 3.01. The molecular formula is C12H24ClN5. The predicted molar refractivity (Wildman–Crippen MR) is 74.9 cm³/mol. The number of nitrogens with two attached hydrogens (primary N) is 1. The van der Waals surface area contributed by atoms with Crippen molar-refractivity contribution in [3.8, 4) is 0 Å².